The van der Waals surface area contributed by atoms with Gasteiger partial charge in [0.15, 0.2) is 0 Å². The monoisotopic (exact) mass is 390 g/mol. The molecule has 0 radical (unpaired) electrons. The molecule has 150 valence electrons. The Hall–Kier alpha value is -3.43. The van der Waals surface area contributed by atoms with Crippen molar-refractivity contribution in [3.05, 3.63) is 29.8 Å². The lowest BCUT2D eigenvalue weighted by atomic mass is 10.1. The molecule has 1 aromatic rings. The largest absolute Gasteiger partial charge is 0.480 e. The second-order valence-corrected chi connectivity index (χ2v) is 6.31. The Balaban J connectivity index is 2.17. The number of carboxylic acid groups (broad SMARTS) is 1. The van der Waals surface area contributed by atoms with Gasteiger partial charge in [0.25, 0.3) is 5.91 Å². The number of rotatable bonds is 7. The van der Waals surface area contributed by atoms with E-state index in [0.717, 1.165) is 9.91 Å². The van der Waals surface area contributed by atoms with Crippen LogP contribution in [0.5, 0.6) is 0 Å². The average Bonchev–Trinajstić information content (AvgIpc) is 2.66. The summed E-state index contributed by atoms with van der Waals surface area (Å²) in [5.41, 5.74) is 3.07. The molecule has 10 heteroatoms. The summed E-state index contributed by atoms with van der Waals surface area (Å²) in [4.78, 5) is 59.7. The third kappa shape index (κ3) is 5.06. The van der Waals surface area contributed by atoms with Crippen molar-refractivity contribution in [2.24, 2.45) is 0 Å². The Bertz CT molecular complexity index is 792. The molecule has 1 aliphatic heterocycles. The lowest BCUT2D eigenvalue weighted by Crippen LogP contribution is -2.50. The molecule has 1 fully saturated rings. The van der Waals surface area contributed by atoms with Crippen LogP contribution in [0.1, 0.15) is 37.0 Å². The fourth-order valence-electron chi connectivity index (χ4n) is 2.66. The van der Waals surface area contributed by atoms with Crippen LogP contribution in [0.4, 0.5) is 5.69 Å². The Morgan fingerprint density at radius 2 is 1.86 bits per heavy atom. The molecule has 0 aliphatic carbocycles. The molecule has 0 aromatic heterocycles. The second-order valence-electron chi connectivity index (χ2n) is 6.31. The first-order valence-corrected chi connectivity index (χ1v) is 8.71. The van der Waals surface area contributed by atoms with Crippen molar-refractivity contribution in [1.29, 1.82) is 0 Å². The van der Waals surface area contributed by atoms with Crippen LogP contribution in [0.15, 0.2) is 24.3 Å². The fraction of sp³-hybridized carbons (Fsp3) is 0.389. The van der Waals surface area contributed by atoms with Crippen LogP contribution in [0.25, 0.3) is 0 Å². The normalized spacial score (nSPS) is 14.9. The third-order valence-electron chi connectivity index (χ3n) is 4.24. The second kappa shape index (κ2) is 8.98. The van der Waals surface area contributed by atoms with Gasteiger partial charge in [-0.05, 0) is 31.2 Å². The summed E-state index contributed by atoms with van der Waals surface area (Å²) in [6.45, 7) is 2.84. The number of anilines is 1. The maximum absolute atomic E-state index is 12.8. The van der Waals surface area contributed by atoms with E-state index < -0.39 is 17.9 Å². The minimum atomic E-state index is -1.17. The van der Waals surface area contributed by atoms with E-state index in [1.165, 1.54) is 38.1 Å². The average molecular weight is 390 g/mol. The van der Waals surface area contributed by atoms with E-state index in [4.69, 9.17) is 0 Å². The van der Waals surface area contributed by atoms with Gasteiger partial charge in [-0.1, -0.05) is 0 Å². The number of nitrogens with zero attached hydrogens (tertiary/aromatic N) is 2. The van der Waals surface area contributed by atoms with Gasteiger partial charge in [-0.15, -0.1) is 0 Å². The van der Waals surface area contributed by atoms with E-state index in [0.29, 0.717) is 5.69 Å². The van der Waals surface area contributed by atoms with Crippen molar-refractivity contribution < 1.29 is 29.1 Å². The SMILES string of the molecule is CC(=O)NCCN(C(=O)c1ccc(N2NC(=O)CCC2=O)cc1)C(C)C(=O)O. The summed E-state index contributed by atoms with van der Waals surface area (Å²) in [6, 6.07) is 4.79. The molecule has 1 unspecified atom stereocenters. The molecule has 1 aliphatic rings. The fourth-order valence-corrected chi connectivity index (χ4v) is 2.66. The smallest absolute Gasteiger partial charge is 0.326 e. The number of benzene rings is 1. The molecule has 0 bridgehead atoms. The minimum absolute atomic E-state index is 0.0221. The Morgan fingerprint density at radius 1 is 1.21 bits per heavy atom. The zero-order valence-corrected chi connectivity index (χ0v) is 15.6. The van der Waals surface area contributed by atoms with Gasteiger partial charge < -0.3 is 15.3 Å². The highest BCUT2D eigenvalue weighted by Crippen LogP contribution is 2.19. The van der Waals surface area contributed by atoms with Gasteiger partial charge in [0, 0.05) is 38.4 Å². The summed E-state index contributed by atoms with van der Waals surface area (Å²) >= 11 is 0. The topological polar surface area (TPSA) is 136 Å². The Morgan fingerprint density at radius 3 is 2.43 bits per heavy atom. The number of hydrogen-bond donors (Lipinski definition) is 3. The van der Waals surface area contributed by atoms with Crippen LogP contribution in [0.3, 0.4) is 0 Å². The number of carboxylic acids is 1. The van der Waals surface area contributed by atoms with Gasteiger partial charge in [-0.3, -0.25) is 24.6 Å². The molecular weight excluding hydrogens is 368 g/mol. The minimum Gasteiger partial charge on any atom is -0.480 e. The first kappa shape index (κ1) is 20.9. The van der Waals surface area contributed by atoms with E-state index in [9.17, 15) is 29.1 Å². The molecule has 0 saturated carbocycles. The van der Waals surface area contributed by atoms with Crippen molar-refractivity contribution in [3.8, 4) is 0 Å². The Kier molecular flexibility index (Phi) is 6.69. The highest BCUT2D eigenvalue weighted by molar-refractivity contribution is 6.02. The summed E-state index contributed by atoms with van der Waals surface area (Å²) < 4.78 is 0. The maximum Gasteiger partial charge on any atom is 0.326 e. The van der Waals surface area contributed by atoms with Crippen molar-refractivity contribution in [3.63, 3.8) is 0 Å². The van der Waals surface area contributed by atoms with Crippen molar-refractivity contribution >= 4 is 35.3 Å². The van der Waals surface area contributed by atoms with Gasteiger partial charge >= 0.3 is 5.97 Å². The van der Waals surface area contributed by atoms with Crippen molar-refractivity contribution in [2.75, 3.05) is 18.1 Å². The molecule has 1 heterocycles. The number of aliphatic carboxylic acids is 1. The summed E-state index contributed by atoms with van der Waals surface area (Å²) in [5.74, 6) is -2.53. The van der Waals surface area contributed by atoms with Crippen LogP contribution >= 0.6 is 0 Å². The number of carbonyl (C=O) groups is 5. The summed E-state index contributed by atoms with van der Waals surface area (Å²) in [6.07, 6.45) is 0.224. The van der Waals surface area contributed by atoms with Crippen LogP contribution in [0.2, 0.25) is 0 Å². The van der Waals surface area contributed by atoms with E-state index >= 15 is 0 Å². The van der Waals surface area contributed by atoms with Crippen LogP contribution < -0.4 is 15.8 Å². The first-order chi connectivity index (χ1) is 13.2. The lowest BCUT2D eigenvalue weighted by Gasteiger charge is -2.28. The number of hydrazine groups is 1. The molecule has 1 aromatic carbocycles. The van der Waals surface area contributed by atoms with E-state index in [1.54, 1.807) is 0 Å². The highest BCUT2D eigenvalue weighted by atomic mass is 16.4. The van der Waals surface area contributed by atoms with Gasteiger partial charge in [-0.25, -0.2) is 9.80 Å². The quantitative estimate of drug-likeness (QED) is 0.595. The van der Waals surface area contributed by atoms with Crippen LogP contribution in [0, 0.1) is 0 Å². The molecule has 28 heavy (non-hydrogen) atoms. The van der Waals surface area contributed by atoms with E-state index in [-0.39, 0.29) is 49.2 Å². The predicted octanol–water partition coefficient (Wildman–Crippen LogP) is -0.104. The predicted molar refractivity (Wildman–Crippen MR) is 98.1 cm³/mol. The maximum atomic E-state index is 12.8. The molecule has 1 atom stereocenters. The number of hydrogen-bond acceptors (Lipinski definition) is 5. The molecule has 2 rings (SSSR count). The van der Waals surface area contributed by atoms with Crippen molar-refractivity contribution in [2.45, 2.75) is 32.7 Å². The van der Waals surface area contributed by atoms with Crippen molar-refractivity contribution in [1.82, 2.24) is 15.6 Å². The number of nitrogens with one attached hydrogen (secondary N) is 2. The molecule has 0 spiro atoms. The third-order valence-corrected chi connectivity index (χ3v) is 4.24. The Labute approximate surface area is 161 Å². The molecule has 4 amide bonds. The van der Waals surface area contributed by atoms with E-state index in [2.05, 4.69) is 10.7 Å². The van der Waals surface area contributed by atoms with Gasteiger partial charge in [0.05, 0.1) is 5.69 Å². The van der Waals surface area contributed by atoms with Gasteiger partial charge in [-0.2, -0.15) is 0 Å². The lowest BCUT2D eigenvalue weighted by molar-refractivity contribution is -0.141. The van der Waals surface area contributed by atoms with Crippen LogP contribution in [-0.2, 0) is 19.2 Å². The zero-order valence-electron chi connectivity index (χ0n) is 15.6. The highest BCUT2D eigenvalue weighted by Gasteiger charge is 2.27. The number of carbonyl (C=O) groups excluding carboxylic acids is 4. The summed E-state index contributed by atoms with van der Waals surface area (Å²) in [7, 11) is 0. The van der Waals surface area contributed by atoms with E-state index in [1.807, 2.05) is 0 Å². The van der Waals surface area contributed by atoms with Gasteiger partial charge in [0.2, 0.25) is 17.7 Å². The molecular formula is C18H22N4O6. The summed E-state index contributed by atoms with van der Waals surface area (Å²) in [5, 5.41) is 12.9. The van der Waals surface area contributed by atoms with Crippen LogP contribution in [-0.4, -0.2) is 58.7 Å². The molecule has 3 N–H and O–H groups in total. The first-order valence-electron chi connectivity index (χ1n) is 8.71. The zero-order chi connectivity index (χ0) is 20.8. The molecule has 10 nitrogen and oxygen atoms in total. The number of amides is 4. The van der Waals surface area contributed by atoms with Gasteiger partial charge in [0.1, 0.15) is 6.04 Å². The standard InChI is InChI=1S/C18H22N4O6/c1-11(18(27)28)21(10-9-19-12(2)23)17(26)13-3-5-14(6-4-13)22-16(25)8-7-15(24)20-22/h3-6,11H,7-10H2,1-2H3,(H,19,23)(H,20,24)(H,27,28). The molecule has 1 saturated heterocycles.